The van der Waals surface area contributed by atoms with E-state index >= 15 is 0 Å². The van der Waals surface area contributed by atoms with Gasteiger partial charge in [-0.05, 0) is 36.5 Å². The van der Waals surface area contributed by atoms with Crippen LogP contribution < -0.4 is 0 Å². The topological polar surface area (TPSA) is 0 Å². The lowest BCUT2D eigenvalue weighted by atomic mass is 9.58. The molecule has 2 saturated carbocycles. The first-order valence-electron chi connectivity index (χ1n) is 6.28. The second kappa shape index (κ2) is 3.76. The SMILES string of the molecule is ClC1=C(Cl)[C@]2(Cl)[C@H]3[C@H]([C@H]4C=C[C@@H]3CC4)[C@@]1(Cl)C2(Cl)Cl. The normalized spacial score (nSPS) is 56.9. The van der Waals surface area contributed by atoms with E-state index in [1.807, 2.05) is 0 Å². The third-order valence-corrected chi connectivity index (χ3v) is 9.70. The summed E-state index contributed by atoms with van der Waals surface area (Å²) in [6.07, 6.45) is 6.58. The summed E-state index contributed by atoms with van der Waals surface area (Å²) in [7, 11) is 0. The Labute approximate surface area is 142 Å². The number of hydrogen-bond donors (Lipinski definition) is 0. The van der Waals surface area contributed by atoms with Crippen LogP contribution in [0.15, 0.2) is 22.2 Å². The van der Waals surface area contributed by atoms with E-state index in [9.17, 15) is 0 Å². The van der Waals surface area contributed by atoms with Crippen molar-refractivity contribution in [2.45, 2.75) is 26.9 Å². The molecule has 0 aliphatic heterocycles. The zero-order chi connectivity index (χ0) is 13.8. The van der Waals surface area contributed by atoms with Crippen molar-refractivity contribution < 1.29 is 0 Å². The Morgan fingerprint density at radius 3 is 1.47 bits per heavy atom. The molecule has 0 spiro atoms. The first-order chi connectivity index (χ1) is 8.78. The summed E-state index contributed by atoms with van der Waals surface area (Å²) < 4.78 is -1.38. The Kier molecular flexibility index (Phi) is 2.74. The van der Waals surface area contributed by atoms with Crippen molar-refractivity contribution in [1.29, 1.82) is 0 Å². The maximum atomic E-state index is 6.83. The maximum absolute atomic E-state index is 6.83. The van der Waals surface area contributed by atoms with Crippen molar-refractivity contribution in [3.63, 3.8) is 0 Å². The summed E-state index contributed by atoms with van der Waals surface area (Å²) in [5.41, 5.74) is 0. The Hall–Kier alpha value is 1.22. The van der Waals surface area contributed by atoms with Gasteiger partial charge in [-0.15, -0.1) is 23.2 Å². The Morgan fingerprint density at radius 1 is 0.789 bits per heavy atom. The highest BCUT2D eigenvalue weighted by Crippen LogP contribution is 2.80. The second-order valence-corrected chi connectivity index (χ2v) is 9.24. The molecule has 2 fully saturated rings. The van der Waals surface area contributed by atoms with Crippen LogP contribution in [0.2, 0.25) is 0 Å². The van der Waals surface area contributed by atoms with E-state index in [0.29, 0.717) is 21.9 Å². The third-order valence-electron chi connectivity index (χ3n) is 5.41. The van der Waals surface area contributed by atoms with Crippen molar-refractivity contribution in [2.24, 2.45) is 23.7 Å². The standard InChI is InChI=1S/C13H10Cl6/c14-9-10(15)12(17)8-6-2-1-5(3-4-6)7(8)11(9,16)13(12,18)19/h1-2,5-8H,3-4H2/t5-,6+,7-,8+,11-,12+. The lowest BCUT2D eigenvalue weighted by molar-refractivity contribution is 0.122. The van der Waals surface area contributed by atoms with Gasteiger partial charge in [0.15, 0.2) is 4.33 Å². The van der Waals surface area contributed by atoms with Crippen LogP contribution in [0, 0.1) is 23.7 Å². The Balaban J connectivity index is 2.02. The fourth-order valence-electron chi connectivity index (χ4n) is 4.65. The highest BCUT2D eigenvalue weighted by atomic mass is 35.5. The fraction of sp³-hybridized carbons (Fsp3) is 0.692. The van der Waals surface area contributed by atoms with Crippen molar-refractivity contribution in [1.82, 2.24) is 0 Å². The van der Waals surface area contributed by atoms with Gasteiger partial charge in [0.2, 0.25) is 0 Å². The molecule has 4 bridgehead atoms. The number of rotatable bonds is 0. The van der Waals surface area contributed by atoms with Gasteiger partial charge in [-0.1, -0.05) is 58.6 Å². The minimum atomic E-state index is -1.38. The molecule has 0 aromatic heterocycles. The second-order valence-electron chi connectivity index (χ2n) is 5.97. The first kappa shape index (κ1) is 13.9. The van der Waals surface area contributed by atoms with Gasteiger partial charge in [-0.25, -0.2) is 0 Å². The molecular formula is C13H10Cl6. The van der Waals surface area contributed by atoms with E-state index < -0.39 is 14.1 Å². The van der Waals surface area contributed by atoms with Gasteiger partial charge < -0.3 is 0 Å². The molecule has 5 rings (SSSR count). The Bertz CT molecular complexity index is 493. The maximum Gasteiger partial charge on any atom is 0.166 e. The average Bonchev–Trinajstić information content (AvgIpc) is 2.62. The molecule has 0 heterocycles. The molecule has 0 amide bonds. The minimum Gasteiger partial charge on any atom is -0.109 e. The molecule has 5 aliphatic rings. The smallest absolute Gasteiger partial charge is 0.109 e. The van der Waals surface area contributed by atoms with E-state index in [4.69, 9.17) is 69.6 Å². The first-order valence-corrected chi connectivity index (χ1v) is 8.55. The molecule has 0 saturated heterocycles. The van der Waals surface area contributed by atoms with Gasteiger partial charge >= 0.3 is 0 Å². The van der Waals surface area contributed by atoms with Crippen LogP contribution in [0.3, 0.4) is 0 Å². The van der Waals surface area contributed by atoms with Crippen LogP contribution in [0.25, 0.3) is 0 Å². The van der Waals surface area contributed by atoms with Gasteiger partial charge in [-0.3, -0.25) is 0 Å². The molecule has 6 heteroatoms. The molecule has 5 aliphatic carbocycles. The fourth-order valence-corrected chi connectivity index (χ4v) is 7.79. The molecule has 0 radical (unpaired) electrons. The summed E-state index contributed by atoms with van der Waals surface area (Å²) >= 11 is 39.6. The summed E-state index contributed by atoms with van der Waals surface area (Å²) in [6, 6.07) is 0. The number of halogens is 6. The van der Waals surface area contributed by atoms with Crippen molar-refractivity contribution in [2.75, 3.05) is 0 Å². The quantitative estimate of drug-likeness (QED) is 0.377. The number of hydrogen-bond acceptors (Lipinski definition) is 0. The Morgan fingerprint density at radius 2 is 1.16 bits per heavy atom. The summed E-state index contributed by atoms with van der Waals surface area (Å²) in [5.74, 6) is 0.757. The molecule has 0 N–H and O–H groups in total. The van der Waals surface area contributed by atoms with Gasteiger partial charge in [0, 0.05) is 0 Å². The van der Waals surface area contributed by atoms with Gasteiger partial charge in [0.05, 0.1) is 10.1 Å². The van der Waals surface area contributed by atoms with Crippen LogP contribution in [-0.4, -0.2) is 14.1 Å². The van der Waals surface area contributed by atoms with Gasteiger partial charge in [-0.2, -0.15) is 0 Å². The van der Waals surface area contributed by atoms with Gasteiger partial charge in [0.25, 0.3) is 0 Å². The summed E-state index contributed by atoms with van der Waals surface area (Å²) in [5, 5.41) is 0.663. The molecule has 19 heavy (non-hydrogen) atoms. The van der Waals surface area contributed by atoms with Crippen molar-refractivity contribution in [3.05, 3.63) is 22.2 Å². The van der Waals surface area contributed by atoms with E-state index in [2.05, 4.69) is 12.2 Å². The number of alkyl halides is 4. The van der Waals surface area contributed by atoms with E-state index in [-0.39, 0.29) is 11.8 Å². The molecule has 0 nitrogen and oxygen atoms in total. The van der Waals surface area contributed by atoms with Crippen LogP contribution in [0.5, 0.6) is 0 Å². The van der Waals surface area contributed by atoms with Crippen LogP contribution in [0.1, 0.15) is 12.8 Å². The van der Waals surface area contributed by atoms with Crippen LogP contribution in [-0.2, 0) is 0 Å². The molecular weight excluding hydrogens is 369 g/mol. The van der Waals surface area contributed by atoms with E-state index in [1.54, 1.807) is 0 Å². The number of allylic oxidation sites excluding steroid dienone is 4. The molecule has 0 aromatic carbocycles. The minimum absolute atomic E-state index is 0.0559. The molecule has 0 aromatic rings. The summed E-state index contributed by atoms with van der Waals surface area (Å²) in [6.45, 7) is 0. The zero-order valence-electron chi connectivity index (χ0n) is 9.65. The third kappa shape index (κ3) is 1.19. The highest BCUT2D eigenvalue weighted by Gasteiger charge is 2.84. The largest absolute Gasteiger partial charge is 0.166 e. The lowest BCUT2D eigenvalue weighted by Crippen LogP contribution is -2.48. The predicted molar refractivity (Wildman–Crippen MR) is 82.7 cm³/mol. The summed E-state index contributed by atoms with van der Waals surface area (Å²) in [4.78, 5) is -2.15. The highest BCUT2D eigenvalue weighted by molar-refractivity contribution is 6.65. The molecule has 0 unspecified atom stereocenters. The lowest BCUT2D eigenvalue weighted by Gasteiger charge is -2.50. The van der Waals surface area contributed by atoms with Crippen LogP contribution >= 0.6 is 69.6 Å². The zero-order valence-corrected chi connectivity index (χ0v) is 14.2. The average molecular weight is 379 g/mol. The van der Waals surface area contributed by atoms with Crippen molar-refractivity contribution >= 4 is 69.6 Å². The molecule has 104 valence electrons. The van der Waals surface area contributed by atoms with Crippen LogP contribution in [0.4, 0.5) is 0 Å². The monoisotopic (exact) mass is 376 g/mol. The molecule has 6 atom stereocenters. The van der Waals surface area contributed by atoms with E-state index in [1.165, 1.54) is 0 Å². The number of fused-ring (bicyclic) bond motifs is 3. The van der Waals surface area contributed by atoms with Gasteiger partial charge in [0.1, 0.15) is 9.75 Å². The van der Waals surface area contributed by atoms with E-state index in [0.717, 1.165) is 12.8 Å². The predicted octanol–water partition coefficient (Wildman–Crippen LogP) is 5.66. The van der Waals surface area contributed by atoms with Crippen molar-refractivity contribution in [3.8, 4) is 0 Å².